The zero-order valence-electron chi connectivity index (χ0n) is 13.4. The molecular formula is C19H21NO3. The Bertz CT molecular complexity index is 699. The predicted molar refractivity (Wildman–Crippen MR) is 88.7 cm³/mol. The third kappa shape index (κ3) is 3.65. The fraction of sp³-hybridized carbons (Fsp3) is 0.316. The number of rotatable bonds is 4. The molecule has 120 valence electrons. The highest BCUT2D eigenvalue weighted by molar-refractivity contribution is 5.81. The number of aryl methyl sites for hydroxylation is 1. The maximum atomic E-state index is 12.4. The minimum Gasteiger partial charge on any atom is -0.493 e. The highest BCUT2D eigenvalue weighted by Gasteiger charge is 2.25. The first-order valence-electron chi connectivity index (χ1n) is 7.89. The summed E-state index contributed by atoms with van der Waals surface area (Å²) in [7, 11) is 0. The molecule has 0 spiro atoms. The molecule has 23 heavy (non-hydrogen) atoms. The molecule has 2 aromatic carbocycles. The fourth-order valence-electron chi connectivity index (χ4n) is 2.73. The Labute approximate surface area is 136 Å². The number of fused-ring (bicyclic) bond motifs is 1. The third-order valence-electron chi connectivity index (χ3n) is 3.95. The van der Waals surface area contributed by atoms with Crippen LogP contribution in [0.1, 0.15) is 30.5 Å². The quantitative estimate of drug-likeness (QED) is 0.941. The molecule has 0 unspecified atom stereocenters. The van der Waals surface area contributed by atoms with Crippen molar-refractivity contribution in [1.29, 1.82) is 0 Å². The second kappa shape index (κ2) is 6.73. The van der Waals surface area contributed by atoms with Gasteiger partial charge in [-0.2, -0.15) is 0 Å². The second-order valence-corrected chi connectivity index (χ2v) is 5.81. The molecule has 0 radical (unpaired) electrons. The van der Waals surface area contributed by atoms with E-state index in [1.807, 2.05) is 55.5 Å². The van der Waals surface area contributed by atoms with E-state index < -0.39 is 6.10 Å². The van der Waals surface area contributed by atoms with E-state index in [1.165, 1.54) is 0 Å². The Morgan fingerprint density at radius 2 is 2.09 bits per heavy atom. The first-order chi connectivity index (χ1) is 11.1. The average molecular weight is 311 g/mol. The number of amides is 1. The van der Waals surface area contributed by atoms with Gasteiger partial charge in [-0.05, 0) is 37.6 Å². The van der Waals surface area contributed by atoms with E-state index in [0.717, 1.165) is 23.3 Å². The van der Waals surface area contributed by atoms with E-state index in [2.05, 4.69) is 5.32 Å². The summed E-state index contributed by atoms with van der Waals surface area (Å²) in [5.41, 5.74) is 2.13. The summed E-state index contributed by atoms with van der Waals surface area (Å²) in [6.45, 7) is 4.37. The van der Waals surface area contributed by atoms with E-state index >= 15 is 0 Å². The molecule has 1 heterocycles. The van der Waals surface area contributed by atoms with Crippen LogP contribution in [0.15, 0.2) is 48.5 Å². The minimum atomic E-state index is -0.549. The zero-order valence-corrected chi connectivity index (χ0v) is 13.4. The van der Waals surface area contributed by atoms with Crippen LogP contribution in [0.5, 0.6) is 11.5 Å². The Balaban J connectivity index is 1.65. The molecule has 1 N–H and O–H groups in total. The normalized spacial score (nSPS) is 17.6. The Morgan fingerprint density at radius 1 is 1.26 bits per heavy atom. The summed E-state index contributed by atoms with van der Waals surface area (Å²) < 4.78 is 11.4. The van der Waals surface area contributed by atoms with Crippen molar-refractivity contribution in [1.82, 2.24) is 5.32 Å². The first kappa shape index (κ1) is 15.4. The standard InChI is InChI=1S/C19H21NO3/c1-13-6-5-7-15(12-13)23-14(2)19(21)20-17-10-11-22-18-9-4-3-8-16(17)18/h3-9,12,14,17H,10-11H2,1-2H3,(H,20,21)/t14-,17+/m1/s1. The number of benzene rings is 2. The summed E-state index contributed by atoms with van der Waals surface area (Å²) in [4.78, 5) is 12.4. The molecular weight excluding hydrogens is 290 g/mol. The summed E-state index contributed by atoms with van der Waals surface area (Å²) in [5.74, 6) is 1.43. The van der Waals surface area contributed by atoms with Crippen LogP contribution in [0.3, 0.4) is 0 Å². The van der Waals surface area contributed by atoms with Crippen molar-refractivity contribution in [3.05, 3.63) is 59.7 Å². The largest absolute Gasteiger partial charge is 0.493 e. The van der Waals surface area contributed by atoms with Gasteiger partial charge in [0.15, 0.2) is 6.10 Å². The van der Waals surface area contributed by atoms with Crippen molar-refractivity contribution in [2.24, 2.45) is 0 Å². The monoisotopic (exact) mass is 311 g/mol. The summed E-state index contributed by atoms with van der Waals surface area (Å²) in [6.07, 6.45) is 0.215. The number of hydrogen-bond acceptors (Lipinski definition) is 3. The molecule has 0 aromatic heterocycles. The van der Waals surface area contributed by atoms with Gasteiger partial charge >= 0.3 is 0 Å². The van der Waals surface area contributed by atoms with Gasteiger partial charge in [0, 0.05) is 12.0 Å². The highest BCUT2D eigenvalue weighted by atomic mass is 16.5. The predicted octanol–water partition coefficient (Wildman–Crippen LogP) is 3.40. The van der Waals surface area contributed by atoms with Crippen LogP contribution in [0.2, 0.25) is 0 Å². The molecule has 3 rings (SSSR count). The average Bonchev–Trinajstić information content (AvgIpc) is 2.55. The maximum Gasteiger partial charge on any atom is 0.261 e. The Hall–Kier alpha value is -2.49. The van der Waals surface area contributed by atoms with E-state index in [0.29, 0.717) is 12.4 Å². The molecule has 0 saturated carbocycles. The molecule has 0 fully saturated rings. The smallest absolute Gasteiger partial charge is 0.261 e. The van der Waals surface area contributed by atoms with Gasteiger partial charge in [-0.1, -0.05) is 30.3 Å². The van der Waals surface area contributed by atoms with Gasteiger partial charge in [0.2, 0.25) is 0 Å². The van der Waals surface area contributed by atoms with Gasteiger partial charge in [-0.25, -0.2) is 0 Å². The SMILES string of the molecule is Cc1cccc(O[C@H](C)C(=O)N[C@H]2CCOc3ccccc32)c1. The summed E-state index contributed by atoms with van der Waals surface area (Å²) in [5, 5.41) is 3.07. The number of para-hydroxylation sites is 1. The molecule has 1 aliphatic heterocycles. The molecule has 2 atom stereocenters. The van der Waals surface area contributed by atoms with Crippen molar-refractivity contribution in [3.8, 4) is 11.5 Å². The summed E-state index contributed by atoms with van der Waals surface area (Å²) >= 11 is 0. The first-order valence-corrected chi connectivity index (χ1v) is 7.89. The van der Waals surface area contributed by atoms with Gasteiger partial charge in [-0.3, -0.25) is 4.79 Å². The number of carbonyl (C=O) groups is 1. The van der Waals surface area contributed by atoms with Crippen LogP contribution < -0.4 is 14.8 Å². The van der Waals surface area contributed by atoms with Crippen LogP contribution in [0.25, 0.3) is 0 Å². The van der Waals surface area contributed by atoms with Crippen molar-refractivity contribution in [2.75, 3.05) is 6.61 Å². The van der Waals surface area contributed by atoms with Crippen molar-refractivity contribution >= 4 is 5.91 Å². The number of nitrogens with one attached hydrogen (secondary N) is 1. The number of ether oxygens (including phenoxy) is 2. The Kier molecular flexibility index (Phi) is 4.51. The molecule has 0 bridgehead atoms. The van der Waals surface area contributed by atoms with Crippen LogP contribution in [0, 0.1) is 6.92 Å². The topological polar surface area (TPSA) is 47.6 Å². The van der Waals surface area contributed by atoms with E-state index in [-0.39, 0.29) is 11.9 Å². The summed E-state index contributed by atoms with van der Waals surface area (Å²) in [6, 6.07) is 15.5. The molecule has 0 saturated heterocycles. The molecule has 1 aliphatic rings. The van der Waals surface area contributed by atoms with Crippen molar-refractivity contribution < 1.29 is 14.3 Å². The van der Waals surface area contributed by atoms with E-state index in [1.54, 1.807) is 6.92 Å². The third-order valence-corrected chi connectivity index (χ3v) is 3.95. The lowest BCUT2D eigenvalue weighted by atomic mass is 10.0. The van der Waals surface area contributed by atoms with Crippen LogP contribution in [-0.2, 0) is 4.79 Å². The van der Waals surface area contributed by atoms with Gasteiger partial charge in [0.1, 0.15) is 11.5 Å². The minimum absolute atomic E-state index is 0.0315. The number of hydrogen-bond donors (Lipinski definition) is 1. The van der Waals surface area contributed by atoms with Crippen LogP contribution >= 0.6 is 0 Å². The van der Waals surface area contributed by atoms with E-state index in [9.17, 15) is 4.79 Å². The van der Waals surface area contributed by atoms with Crippen molar-refractivity contribution in [2.45, 2.75) is 32.4 Å². The zero-order chi connectivity index (χ0) is 16.2. The van der Waals surface area contributed by atoms with Gasteiger partial charge in [0.25, 0.3) is 5.91 Å². The molecule has 4 nitrogen and oxygen atoms in total. The van der Waals surface area contributed by atoms with Gasteiger partial charge in [0.05, 0.1) is 12.6 Å². The molecule has 2 aromatic rings. The van der Waals surface area contributed by atoms with Gasteiger partial charge < -0.3 is 14.8 Å². The molecule has 0 aliphatic carbocycles. The maximum absolute atomic E-state index is 12.4. The van der Waals surface area contributed by atoms with Crippen LogP contribution in [0.4, 0.5) is 0 Å². The fourth-order valence-corrected chi connectivity index (χ4v) is 2.73. The highest BCUT2D eigenvalue weighted by Crippen LogP contribution is 2.31. The number of carbonyl (C=O) groups excluding carboxylic acids is 1. The lowest BCUT2D eigenvalue weighted by Crippen LogP contribution is -2.40. The van der Waals surface area contributed by atoms with Gasteiger partial charge in [-0.15, -0.1) is 0 Å². The molecule has 4 heteroatoms. The second-order valence-electron chi connectivity index (χ2n) is 5.81. The van der Waals surface area contributed by atoms with E-state index in [4.69, 9.17) is 9.47 Å². The lowest BCUT2D eigenvalue weighted by molar-refractivity contribution is -0.128. The molecule has 1 amide bonds. The lowest BCUT2D eigenvalue weighted by Gasteiger charge is -2.27. The van der Waals surface area contributed by atoms with Crippen LogP contribution in [-0.4, -0.2) is 18.6 Å². The Morgan fingerprint density at radius 3 is 2.91 bits per heavy atom. The van der Waals surface area contributed by atoms with Crippen molar-refractivity contribution in [3.63, 3.8) is 0 Å².